The molecule has 0 saturated carbocycles. The summed E-state index contributed by atoms with van der Waals surface area (Å²) in [6.07, 6.45) is -16.9. The Hall–Kier alpha value is -0.530. The highest BCUT2D eigenvalue weighted by atomic mass is 19.4. The minimum atomic E-state index is -5.58. The first-order valence-corrected chi connectivity index (χ1v) is 2.99. The molecule has 8 heteroatoms. The van der Waals surface area contributed by atoms with Gasteiger partial charge in [0.2, 0.25) is 6.36 Å². The highest BCUT2D eigenvalue weighted by Crippen LogP contribution is 2.36. The minimum Gasteiger partial charge on any atom is -0.362 e. The van der Waals surface area contributed by atoms with Crippen LogP contribution in [0.2, 0.25) is 0 Å². The number of rotatable bonds is 3. The SMILES string of the molecule is OC(F)C(F)C(C(F)F)C(F)(F)F. The zero-order valence-electron chi connectivity index (χ0n) is 5.90. The van der Waals surface area contributed by atoms with E-state index in [9.17, 15) is 30.7 Å². The monoisotopic (exact) mass is 214 g/mol. The van der Waals surface area contributed by atoms with Gasteiger partial charge in [0.25, 0.3) is 6.43 Å². The predicted octanol–water partition coefficient (Wildman–Crippen LogP) is 2.06. The van der Waals surface area contributed by atoms with Crippen LogP contribution in [0, 0.1) is 5.92 Å². The van der Waals surface area contributed by atoms with Gasteiger partial charge in [-0.3, -0.25) is 0 Å². The molecule has 0 heterocycles. The second-order valence-corrected chi connectivity index (χ2v) is 2.22. The third kappa shape index (κ3) is 3.37. The number of halogens is 7. The van der Waals surface area contributed by atoms with Gasteiger partial charge < -0.3 is 5.11 Å². The van der Waals surface area contributed by atoms with Gasteiger partial charge in [-0.15, -0.1) is 0 Å². The van der Waals surface area contributed by atoms with Crippen molar-refractivity contribution in [1.82, 2.24) is 0 Å². The van der Waals surface area contributed by atoms with Gasteiger partial charge in [-0.25, -0.2) is 17.6 Å². The number of aliphatic hydroxyl groups excluding tert-OH is 1. The lowest BCUT2D eigenvalue weighted by Gasteiger charge is -2.22. The molecule has 0 saturated heterocycles. The summed E-state index contributed by atoms with van der Waals surface area (Å²) in [4.78, 5) is 0. The van der Waals surface area contributed by atoms with Crippen LogP contribution in [0.15, 0.2) is 0 Å². The van der Waals surface area contributed by atoms with E-state index in [2.05, 4.69) is 0 Å². The largest absolute Gasteiger partial charge is 0.400 e. The molecular weight excluding hydrogens is 209 g/mol. The van der Waals surface area contributed by atoms with Crippen LogP contribution in [0.3, 0.4) is 0 Å². The summed E-state index contributed by atoms with van der Waals surface area (Å²) in [5.74, 6) is -3.80. The third-order valence-electron chi connectivity index (χ3n) is 1.26. The van der Waals surface area contributed by atoms with Gasteiger partial charge in [0, 0.05) is 0 Å². The molecule has 13 heavy (non-hydrogen) atoms. The van der Waals surface area contributed by atoms with Crippen molar-refractivity contribution in [1.29, 1.82) is 0 Å². The van der Waals surface area contributed by atoms with Crippen LogP contribution in [0.1, 0.15) is 0 Å². The molecule has 3 atom stereocenters. The maximum atomic E-state index is 12.1. The maximum Gasteiger partial charge on any atom is 0.400 e. The summed E-state index contributed by atoms with van der Waals surface area (Å²) in [6.45, 7) is 0. The van der Waals surface area contributed by atoms with Crippen LogP contribution in [0.5, 0.6) is 0 Å². The molecule has 0 aromatic rings. The lowest BCUT2D eigenvalue weighted by molar-refractivity contribution is -0.242. The van der Waals surface area contributed by atoms with E-state index in [1.54, 1.807) is 0 Å². The fraction of sp³-hybridized carbons (Fsp3) is 1.00. The highest BCUT2D eigenvalue weighted by molar-refractivity contribution is 4.79. The van der Waals surface area contributed by atoms with Gasteiger partial charge in [-0.2, -0.15) is 13.2 Å². The summed E-state index contributed by atoms with van der Waals surface area (Å²) in [5.41, 5.74) is 0. The van der Waals surface area contributed by atoms with Gasteiger partial charge >= 0.3 is 6.18 Å². The second kappa shape index (κ2) is 4.12. The standard InChI is InChI=1S/C5H5F7O/c6-2(4(9)13)1(3(7)8)5(10,11)12/h1-4,13H. The molecule has 0 rings (SSSR count). The lowest BCUT2D eigenvalue weighted by atomic mass is 10.0. The Bertz CT molecular complexity index is 153. The van der Waals surface area contributed by atoms with Gasteiger partial charge in [-0.05, 0) is 0 Å². The van der Waals surface area contributed by atoms with Crippen molar-refractivity contribution >= 4 is 0 Å². The second-order valence-electron chi connectivity index (χ2n) is 2.22. The van der Waals surface area contributed by atoms with Crippen LogP contribution in [-0.4, -0.2) is 30.2 Å². The van der Waals surface area contributed by atoms with Crippen LogP contribution in [0.25, 0.3) is 0 Å². The quantitative estimate of drug-likeness (QED) is 0.713. The first kappa shape index (κ1) is 12.5. The van der Waals surface area contributed by atoms with Gasteiger partial charge in [0.1, 0.15) is 0 Å². The molecule has 3 unspecified atom stereocenters. The van der Waals surface area contributed by atoms with Gasteiger partial charge in [-0.1, -0.05) is 0 Å². The molecule has 1 nitrogen and oxygen atoms in total. The Morgan fingerprint density at radius 2 is 1.31 bits per heavy atom. The summed E-state index contributed by atoms with van der Waals surface area (Å²) < 4.78 is 81.6. The predicted molar refractivity (Wildman–Crippen MR) is 27.6 cm³/mol. The molecule has 0 aliphatic heterocycles. The Morgan fingerprint density at radius 3 is 1.38 bits per heavy atom. The molecule has 0 aromatic heterocycles. The molecule has 0 spiro atoms. The molecule has 0 aromatic carbocycles. The molecule has 80 valence electrons. The average Bonchev–Trinajstić information content (AvgIpc) is 1.82. The van der Waals surface area contributed by atoms with E-state index in [0.29, 0.717) is 0 Å². The number of alkyl halides is 7. The summed E-state index contributed by atoms with van der Waals surface area (Å²) in [7, 11) is 0. The van der Waals surface area contributed by atoms with Crippen molar-refractivity contribution in [3.05, 3.63) is 0 Å². The summed E-state index contributed by atoms with van der Waals surface area (Å²) >= 11 is 0. The van der Waals surface area contributed by atoms with E-state index in [4.69, 9.17) is 5.11 Å². The molecule has 0 radical (unpaired) electrons. The van der Waals surface area contributed by atoms with Crippen LogP contribution >= 0.6 is 0 Å². The minimum absolute atomic E-state index is 3.57. The number of hydrogen-bond donors (Lipinski definition) is 1. The van der Waals surface area contributed by atoms with E-state index in [1.165, 1.54) is 0 Å². The molecule has 0 aliphatic carbocycles. The van der Waals surface area contributed by atoms with Gasteiger partial charge in [0.15, 0.2) is 12.1 Å². The zero-order valence-corrected chi connectivity index (χ0v) is 5.90. The molecule has 0 bridgehead atoms. The smallest absolute Gasteiger partial charge is 0.362 e. The first-order chi connectivity index (χ1) is 5.68. The van der Waals surface area contributed by atoms with E-state index in [1.807, 2.05) is 0 Å². The Kier molecular flexibility index (Phi) is 3.95. The number of hydrogen-bond acceptors (Lipinski definition) is 1. The van der Waals surface area contributed by atoms with Crippen molar-refractivity contribution in [3.8, 4) is 0 Å². The lowest BCUT2D eigenvalue weighted by Crippen LogP contribution is -2.41. The molecular formula is C5H5F7O. The van der Waals surface area contributed by atoms with Crippen molar-refractivity contribution in [2.45, 2.75) is 25.1 Å². The fourth-order valence-electron chi connectivity index (χ4n) is 0.633. The van der Waals surface area contributed by atoms with E-state index < -0.39 is 31.0 Å². The van der Waals surface area contributed by atoms with Gasteiger partial charge in [0.05, 0.1) is 0 Å². The van der Waals surface area contributed by atoms with E-state index in [0.717, 1.165) is 0 Å². The van der Waals surface area contributed by atoms with Crippen molar-refractivity contribution in [3.63, 3.8) is 0 Å². The Morgan fingerprint density at radius 1 is 0.923 bits per heavy atom. The third-order valence-corrected chi connectivity index (χ3v) is 1.26. The van der Waals surface area contributed by atoms with Crippen LogP contribution in [-0.2, 0) is 0 Å². The van der Waals surface area contributed by atoms with Crippen molar-refractivity contribution < 1.29 is 35.8 Å². The topological polar surface area (TPSA) is 20.2 Å². The molecule has 0 amide bonds. The normalized spacial score (nSPS) is 20.1. The van der Waals surface area contributed by atoms with Crippen molar-refractivity contribution in [2.75, 3.05) is 0 Å². The Labute approximate surface area is 68.2 Å². The van der Waals surface area contributed by atoms with E-state index in [-0.39, 0.29) is 0 Å². The number of aliphatic hydroxyl groups is 1. The highest BCUT2D eigenvalue weighted by Gasteiger charge is 2.53. The Balaban J connectivity index is 4.62. The first-order valence-electron chi connectivity index (χ1n) is 2.99. The van der Waals surface area contributed by atoms with Crippen LogP contribution in [0.4, 0.5) is 30.7 Å². The molecule has 0 fully saturated rings. The molecule has 1 N–H and O–H groups in total. The van der Waals surface area contributed by atoms with E-state index >= 15 is 0 Å². The summed E-state index contributed by atoms with van der Waals surface area (Å²) in [5, 5.41) is 7.73. The van der Waals surface area contributed by atoms with Crippen molar-refractivity contribution in [2.24, 2.45) is 5.92 Å². The molecule has 0 aliphatic rings. The average molecular weight is 214 g/mol. The van der Waals surface area contributed by atoms with Crippen LogP contribution < -0.4 is 0 Å². The fourth-order valence-corrected chi connectivity index (χ4v) is 0.633. The maximum absolute atomic E-state index is 12.1. The zero-order chi connectivity index (χ0) is 10.8. The summed E-state index contributed by atoms with van der Waals surface area (Å²) in [6, 6.07) is 0.